The molecule has 0 spiro atoms. The van der Waals surface area contributed by atoms with Crippen LogP contribution >= 0.6 is 0 Å². The summed E-state index contributed by atoms with van der Waals surface area (Å²) in [4.78, 5) is 0. The first-order valence-electron chi connectivity index (χ1n) is 3.85. The molecule has 1 heteroatoms. The molecule has 0 atom stereocenters. The number of allylic oxidation sites excluding steroid dienone is 1. The average Bonchev–Trinajstić information content (AvgIpc) is 1.59. The fourth-order valence-electron chi connectivity index (χ4n) is 0.491. The summed E-state index contributed by atoms with van der Waals surface area (Å²) in [6, 6.07) is 0.540. The minimum atomic E-state index is 0.294. The van der Waals surface area contributed by atoms with Crippen molar-refractivity contribution in [1.29, 1.82) is 0 Å². The van der Waals surface area contributed by atoms with E-state index in [1.807, 2.05) is 6.20 Å². The van der Waals surface area contributed by atoms with Gasteiger partial charge in [-0.2, -0.15) is 0 Å². The lowest BCUT2D eigenvalue weighted by molar-refractivity contribution is 0.537. The smallest absolute Gasteiger partial charge is 0.0199 e. The molecule has 0 rings (SSSR count). The van der Waals surface area contributed by atoms with Gasteiger partial charge >= 0.3 is 0 Å². The van der Waals surface area contributed by atoms with Gasteiger partial charge in [-0.1, -0.05) is 26.8 Å². The zero-order chi connectivity index (χ0) is 8.20. The van der Waals surface area contributed by atoms with Gasteiger partial charge in [0.05, 0.1) is 0 Å². The Kier molecular flexibility index (Phi) is 3.48. The van der Waals surface area contributed by atoms with Gasteiger partial charge in [0.1, 0.15) is 0 Å². The largest absolute Gasteiger partial charge is 0.389 e. The molecule has 0 heterocycles. The molecule has 0 bridgehead atoms. The zero-order valence-electron chi connectivity index (χ0n) is 7.73. The first-order chi connectivity index (χ1) is 4.42. The summed E-state index contributed by atoms with van der Waals surface area (Å²) < 4.78 is 0. The van der Waals surface area contributed by atoms with Crippen LogP contribution in [0.1, 0.15) is 34.6 Å². The van der Waals surface area contributed by atoms with E-state index in [4.69, 9.17) is 0 Å². The summed E-state index contributed by atoms with van der Waals surface area (Å²) in [6.07, 6.45) is 4.21. The summed E-state index contributed by atoms with van der Waals surface area (Å²) in [7, 11) is 0. The quantitative estimate of drug-likeness (QED) is 0.623. The second-order valence-corrected chi connectivity index (χ2v) is 4.02. The van der Waals surface area contributed by atoms with Crippen LogP contribution in [0.5, 0.6) is 0 Å². The maximum atomic E-state index is 3.22. The Hall–Kier alpha value is -0.460. The summed E-state index contributed by atoms with van der Waals surface area (Å²) in [5.41, 5.74) is 0.294. The molecule has 1 nitrogen and oxygen atoms in total. The lowest BCUT2D eigenvalue weighted by atomic mass is 9.97. The SMILES string of the molecule is CC(C)N/C=C/C(C)(C)C. The van der Waals surface area contributed by atoms with Gasteiger partial charge in [-0.15, -0.1) is 0 Å². The van der Waals surface area contributed by atoms with Crippen molar-refractivity contribution in [2.45, 2.75) is 40.7 Å². The van der Waals surface area contributed by atoms with E-state index < -0.39 is 0 Å². The molecule has 0 saturated heterocycles. The number of rotatable bonds is 2. The van der Waals surface area contributed by atoms with E-state index in [-0.39, 0.29) is 0 Å². The molecule has 0 radical (unpaired) electrons. The van der Waals surface area contributed by atoms with Crippen LogP contribution in [-0.4, -0.2) is 6.04 Å². The lowest BCUT2D eigenvalue weighted by Crippen LogP contribution is -2.16. The molecule has 0 aliphatic heterocycles. The molecule has 1 N–H and O–H groups in total. The van der Waals surface area contributed by atoms with Gasteiger partial charge in [0, 0.05) is 6.04 Å². The molecule has 0 aromatic rings. The first kappa shape index (κ1) is 9.54. The first-order valence-corrected chi connectivity index (χ1v) is 3.85. The van der Waals surface area contributed by atoms with Crippen LogP contribution in [0.25, 0.3) is 0 Å². The second kappa shape index (κ2) is 3.65. The van der Waals surface area contributed by atoms with E-state index in [0.717, 1.165) is 0 Å². The average molecular weight is 141 g/mol. The fourth-order valence-corrected chi connectivity index (χ4v) is 0.491. The molecule has 0 fully saturated rings. The summed E-state index contributed by atoms with van der Waals surface area (Å²) in [5, 5.41) is 3.22. The maximum absolute atomic E-state index is 3.22. The van der Waals surface area contributed by atoms with E-state index >= 15 is 0 Å². The molecule has 0 saturated carbocycles. The highest BCUT2D eigenvalue weighted by atomic mass is 14.9. The Bertz CT molecular complexity index is 106. The lowest BCUT2D eigenvalue weighted by Gasteiger charge is -2.12. The molecule has 60 valence electrons. The molecule has 0 aliphatic carbocycles. The van der Waals surface area contributed by atoms with Crippen LogP contribution in [0.2, 0.25) is 0 Å². The van der Waals surface area contributed by atoms with Gasteiger partial charge in [-0.3, -0.25) is 0 Å². The molecule has 0 aromatic heterocycles. The maximum Gasteiger partial charge on any atom is 0.0199 e. The molecular weight excluding hydrogens is 122 g/mol. The van der Waals surface area contributed by atoms with E-state index in [1.54, 1.807) is 0 Å². The minimum Gasteiger partial charge on any atom is -0.389 e. The third kappa shape index (κ3) is 7.54. The van der Waals surface area contributed by atoms with Gasteiger partial charge < -0.3 is 5.32 Å². The Morgan fingerprint density at radius 2 is 1.70 bits per heavy atom. The highest BCUT2D eigenvalue weighted by Gasteiger charge is 2.02. The normalized spacial score (nSPS) is 13.0. The number of hydrogen-bond donors (Lipinski definition) is 1. The van der Waals surface area contributed by atoms with E-state index in [2.05, 4.69) is 46.0 Å². The highest BCUT2D eigenvalue weighted by Crippen LogP contribution is 2.13. The number of hydrogen-bond acceptors (Lipinski definition) is 1. The monoisotopic (exact) mass is 141 g/mol. The Morgan fingerprint density at radius 1 is 1.20 bits per heavy atom. The van der Waals surface area contributed by atoms with Crippen LogP contribution in [0.3, 0.4) is 0 Å². The van der Waals surface area contributed by atoms with Crippen molar-refractivity contribution in [3.05, 3.63) is 12.3 Å². The third-order valence-corrected chi connectivity index (χ3v) is 1.01. The predicted molar refractivity (Wildman–Crippen MR) is 46.9 cm³/mol. The van der Waals surface area contributed by atoms with Gasteiger partial charge in [0.2, 0.25) is 0 Å². The van der Waals surface area contributed by atoms with Crippen molar-refractivity contribution < 1.29 is 0 Å². The fraction of sp³-hybridized carbons (Fsp3) is 0.778. The van der Waals surface area contributed by atoms with Crippen molar-refractivity contribution in [3.63, 3.8) is 0 Å². The predicted octanol–water partition coefficient (Wildman–Crippen LogP) is 2.54. The van der Waals surface area contributed by atoms with Crippen LogP contribution in [0.15, 0.2) is 12.3 Å². The van der Waals surface area contributed by atoms with Gasteiger partial charge in [0.25, 0.3) is 0 Å². The Morgan fingerprint density at radius 3 is 2.00 bits per heavy atom. The van der Waals surface area contributed by atoms with Crippen molar-refractivity contribution in [2.75, 3.05) is 0 Å². The molecule has 0 aliphatic rings. The number of nitrogens with one attached hydrogen (secondary N) is 1. The topological polar surface area (TPSA) is 12.0 Å². The van der Waals surface area contributed by atoms with Crippen molar-refractivity contribution in [2.24, 2.45) is 5.41 Å². The van der Waals surface area contributed by atoms with Crippen LogP contribution in [-0.2, 0) is 0 Å². The molecule has 10 heavy (non-hydrogen) atoms. The summed E-state index contributed by atoms with van der Waals surface area (Å²) >= 11 is 0. The standard InChI is InChI=1S/C9H19N/c1-8(2)10-7-6-9(3,4)5/h6-8,10H,1-5H3/b7-6+. The van der Waals surface area contributed by atoms with E-state index in [0.29, 0.717) is 11.5 Å². The highest BCUT2D eigenvalue weighted by molar-refractivity contribution is 4.91. The summed E-state index contributed by atoms with van der Waals surface area (Å²) in [6.45, 7) is 10.8. The minimum absolute atomic E-state index is 0.294. The molecule has 0 aromatic carbocycles. The van der Waals surface area contributed by atoms with Crippen LogP contribution in [0.4, 0.5) is 0 Å². The summed E-state index contributed by atoms with van der Waals surface area (Å²) in [5.74, 6) is 0. The van der Waals surface area contributed by atoms with Crippen LogP contribution in [0, 0.1) is 5.41 Å². The second-order valence-electron chi connectivity index (χ2n) is 4.02. The Balaban J connectivity index is 3.57. The van der Waals surface area contributed by atoms with E-state index in [1.165, 1.54) is 0 Å². The van der Waals surface area contributed by atoms with Gasteiger partial charge in [-0.05, 0) is 25.5 Å². The van der Waals surface area contributed by atoms with Gasteiger partial charge in [-0.25, -0.2) is 0 Å². The third-order valence-electron chi connectivity index (χ3n) is 1.01. The van der Waals surface area contributed by atoms with Crippen molar-refractivity contribution in [1.82, 2.24) is 5.32 Å². The van der Waals surface area contributed by atoms with Crippen molar-refractivity contribution >= 4 is 0 Å². The van der Waals surface area contributed by atoms with Gasteiger partial charge in [0.15, 0.2) is 0 Å². The molecule has 0 unspecified atom stereocenters. The molecular formula is C9H19N. The zero-order valence-corrected chi connectivity index (χ0v) is 7.73. The van der Waals surface area contributed by atoms with E-state index in [9.17, 15) is 0 Å². The van der Waals surface area contributed by atoms with Crippen LogP contribution < -0.4 is 5.32 Å². The Labute approximate surface area is 64.5 Å². The molecule has 0 amide bonds. The van der Waals surface area contributed by atoms with Crippen molar-refractivity contribution in [3.8, 4) is 0 Å².